The third-order valence-electron chi connectivity index (χ3n) is 6.47. The van der Waals surface area contributed by atoms with Crippen molar-refractivity contribution in [2.45, 2.75) is 45.1 Å². The molecule has 4 rings (SSSR count). The molecule has 0 unspecified atom stereocenters. The number of nitrogens with zero attached hydrogens (tertiary/aromatic N) is 5. The monoisotopic (exact) mass is 395 g/mol. The van der Waals surface area contributed by atoms with Crippen molar-refractivity contribution < 1.29 is 9.59 Å². The number of hydrogen-bond acceptors (Lipinski definition) is 4. The summed E-state index contributed by atoms with van der Waals surface area (Å²) < 4.78 is 1.60. The molecule has 2 aliphatic heterocycles. The number of aromatic nitrogens is 3. The molecular weight excluding hydrogens is 366 g/mol. The zero-order valence-electron chi connectivity index (χ0n) is 17.0. The van der Waals surface area contributed by atoms with E-state index < -0.39 is 0 Å². The van der Waals surface area contributed by atoms with Crippen LogP contribution in [0.1, 0.15) is 44.2 Å². The summed E-state index contributed by atoms with van der Waals surface area (Å²) in [7, 11) is 0. The van der Waals surface area contributed by atoms with Gasteiger partial charge in [-0.2, -0.15) is 5.10 Å². The Labute approximate surface area is 171 Å². The summed E-state index contributed by atoms with van der Waals surface area (Å²) in [6, 6.07) is 10.1. The molecule has 1 aromatic carbocycles. The van der Waals surface area contributed by atoms with Gasteiger partial charge < -0.3 is 9.80 Å². The van der Waals surface area contributed by atoms with E-state index in [9.17, 15) is 9.59 Å². The van der Waals surface area contributed by atoms with Gasteiger partial charge in [-0.25, -0.2) is 9.67 Å². The fourth-order valence-electron chi connectivity index (χ4n) is 4.64. The van der Waals surface area contributed by atoms with Crippen LogP contribution in [0.25, 0.3) is 0 Å². The first-order valence-electron chi connectivity index (χ1n) is 10.5. The Hall–Kier alpha value is -2.70. The van der Waals surface area contributed by atoms with Crippen LogP contribution in [0.15, 0.2) is 43.0 Å². The molecule has 1 aromatic heterocycles. The number of hydrogen-bond donors (Lipinski definition) is 0. The van der Waals surface area contributed by atoms with Gasteiger partial charge in [0.25, 0.3) is 0 Å². The summed E-state index contributed by atoms with van der Waals surface area (Å²) in [5.41, 5.74) is 1.36. The lowest BCUT2D eigenvalue weighted by Gasteiger charge is -2.39. The zero-order valence-corrected chi connectivity index (χ0v) is 17.0. The van der Waals surface area contributed by atoms with Crippen LogP contribution in [0.3, 0.4) is 0 Å². The second-order valence-corrected chi connectivity index (χ2v) is 8.46. The summed E-state index contributed by atoms with van der Waals surface area (Å²) >= 11 is 0. The Bertz CT molecular complexity index is 828. The summed E-state index contributed by atoms with van der Waals surface area (Å²) in [6.07, 6.45) is 7.43. The highest BCUT2D eigenvalue weighted by molar-refractivity contribution is 5.81. The van der Waals surface area contributed by atoms with E-state index in [1.807, 2.05) is 22.8 Å². The van der Waals surface area contributed by atoms with E-state index in [-0.39, 0.29) is 23.3 Å². The highest BCUT2D eigenvalue weighted by atomic mass is 16.2. The first kappa shape index (κ1) is 19.6. The Kier molecular flexibility index (Phi) is 5.65. The van der Waals surface area contributed by atoms with Gasteiger partial charge in [-0.05, 0) is 38.2 Å². The molecule has 29 heavy (non-hydrogen) atoms. The van der Waals surface area contributed by atoms with Gasteiger partial charge in [0.15, 0.2) is 0 Å². The lowest BCUT2D eigenvalue weighted by atomic mass is 9.77. The summed E-state index contributed by atoms with van der Waals surface area (Å²) in [6.45, 7) is 4.93. The van der Waals surface area contributed by atoms with Crippen molar-refractivity contribution in [2.75, 3.05) is 26.2 Å². The van der Waals surface area contributed by atoms with Crippen LogP contribution in [0.4, 0.5) is 0 Å². The van der Waals surface area contributed by atoms with E-state index in [0.29, 0.717) is 19.5 Å². The molecular formula is C22H29N5O2. The summed E-state index contributed by atoms with van der Waals surface area (Å²) in [4.78, 5) is 33.2. The number of rotatable bonds is 6. The van der Waals surface area contributed by atoms with Crippen LogP contribution in [-0.2, 0) is 16.0 Å². The van der Waals surface area contributed by atoms with E-state index in [2.05, 4.69) is 34.3 Å². The number of amides is 2. The fraction of sp³-hybridized carbons (Fsp3) is 0.545. The highest BCUT2D eigenvalue weighted by Crippen LogP contribution is 2.41. The van der Waals surface area contributed by atoms with Gasteiger partial charge in [0.1, 0.15) is 18.7 Å². The van der Waals surface area contributed by atoms with E-state index in [0.717, 1.165) is 38.8 Å². The number of likely N-dealkylation sites (tertiary alicyclic amines) is 2. The van der Waals surface area contributed by atoms with Gasteiger partial charge in [0.2, 0.25) is 11.8 Å². The van der Waals surface area contributed by atoms with Crippen molar-refractivity contribution in [1.82, 2.24) is 24.6 Å². The van der Waals surface area contributed by atoms with E-state index in [1.165, 1.54) is 11.9 Å². The Morgan fingerprint density at radius 1 is 1.21 bits per heavy atom. The first-order valence-corrected chi connectivity index (χ1v) is 10.5. The highest BCUT2D eigenvalue weighted by Gasteiger charge is 2.45. The molecule has 1 spiro atoms. The van der Waals surface area contributed by atoms with Gasteiger partial charge in [0.05, 0.1) is 0 Å². The molecule has 0 saturated carbocycles. The van der Waals surface area contributed by atoms with Crippen molar-refractivity contribution in [3.63, 3.8) is 0 Å². The molecule has 7 heteroatoms. The maximum atomic E-state index is 12.8. The second-order valence-electron chi connectivity index (χ2n) is 8.46. The van der Waals surface area contributed by atoms with Crippen molar-refractivity contribution in [3.8, 4) is 0 Å². The molecule has 0 N–H and O–H groups in total. The molecule has 0 aliphatic carbocycles. The van der Waals surface area contributed by atoms with Crippen LogP contribution in [0.2, 0.25) is 0 Å². The minimum absolute atomic E-state index is 0.0388. The first-order chi connectivity index (χ1) is 14.1. The minimum Gasteiger partial charge on any atom is -0.342 e. The number of carbonyl (C=O) groups excluding carboxylic acids is 2. The lowest BCUT2D eigenvalue weighted by molar-refractivity contribution is -0.136. The second kappa shape index (κ2) is 8.35. The van der Waals surface area contributed by atoms with Crippen molar-refractivity contribution >= 4 is 11.8 Å². The van der Waals surface area contributed by atoms with Crippen molar-refractivity contribution in [2.24, 2.45) is 5.41 Å². The van der Waals surface area contributed by atoms with Gasteiger partial charge in [-0.3, -0.25) is 9.59 Å². The third kappa shape index (κ3) is 4.33. The lowest BCUT2D eigenvalue weighted by Crippen LogP contribution is -2.46. The normalized spacial score (nSPS) is 19.7. The van der Waals surface area contributed by atoms with Crippen molar-refractivity contribution in [1.29, 1.82) is 0 Å². The summed E-state index contributed by atoms with van der Waals surface area (Å²) in [5, 5.41) is 4.08. The number of aryl methyl sites for hydroxylation is 1. The molecule has 7 nitrogen and oxygen atoms in total. The molecule has 1 atom stereocenters. The smallest absolute Gasteiger partial charge is 0.247 e. The van der Waals surface area contributed by atoms with Crippen LogP contribution in [0.5, 0.6) is 0 Å². The van der Waals surface area contributed by atoms with Crippen LogP contribution < -0.4 is 0 Å². The predicted molar refractivity (Wildman–Crippen MR) is 109 cm³/mol. The molecule has 2 aromatic rings. The standard InChI is InChI=1S/C22H29N5O2/c1-18(27-17-23-16-24-27)21(29)25-12-9-22(10-13-25)14-20(28)26(15-22)11-5-8-19-6-3-2-4-7-19/h2-4,6-7,16-18H,5,8-15H2,1H3/t18-/m1/s1. The molecule has 0 bridgehead atoms. The number of benzene rings is 1. The molecule has 0 radical (unpaired) electrons. The quantitative estimate of drug-likeness (QED) is 0.753. The predicted octanol–water partition coefficient (Wildman–Crippen LogP) is 2.31. The van der Waals surface area contributed by atoms with Crippen molar-refractivity contribution in [3.05, 3.63) is 48.5 Å². The zero-order chi connectivity index (χ0) is 20.3. The fourth-order valence-corrected chi connectivity index (χ4v) is 4.64. The molecule has 2 saturated heterocycles. The van der Waals surface area contributed by atoms with Gasteiger partial charge in [-0.15, -0.1) is 0 Å². The van der Waals surface area contributed by atoms with E-state index in [1.54, 1.807) is 11.0 Å². The summed E-state index contributed by atoms with van der Waals surface area (Å²) in [5.74, 6) is 0.350. The topological polar surface area (TPSA) is 71.3 Å². The third-order valence-corrected chi connectivity index (χ3v) is 6.47. The SMILES string of the molecule is C[C@H](C(=O)N1CCC2(CC1)CC(=O)N(CCCc1ccccc1)C2)n1cncn1. The average molecular weight is 396 g/mol. The van der Waals surface area contributed by atoms with Gasteiger partial charge >= 0.3 is 0 Å². The van der Waals surface area contributed by atoms with E-state index in [4.69, 9.17) is 0 Å². The largest absolute Gasteiger partial charge is 0.342 e. The van der Waals surface area contributed by atoms with Gasteiger partial charge in [-0.1, -0.05) is 30.3 Å². The number of carbonyl (C=O) groups is 2. The Balaban J connectivity index is 1.27. The Morgan fingerprint density at radius 2 is 1.97 bits per heavy atom. The van der Waals surface area contributed by atoms with Crippen LogP contribution in [-0.4, -0.2) is 62.6 Å². The molecule has 2 aliphatic rings. The maximum Gasteiger partial charge on any atom is 0.247 e. The molecule has 2 amide bonds. The van der Waals surface area contributed by atoms with Crippen LogP contribution in [0, 0.1) is 5.41 Å². The van der Waals surface area contributed by atoms with E-state index >= 15 is 0 Å². The number of piperidine rings is 1. The maximum absolute atomic E-state index is 12.8. The molecule has 154 valence electrons. The van der Waals surface area contributed by atoms with Gasteiger partial charge in [0, 0.05) is 38.0 Å². The van der Waals surface area contributed by atoms with Crippen LogP contribution >= 0.6 is 0 Å². The molecule has 3 heterocycles. The minimum atomic E-state index is -0.341. The Morgan fingerprint density at radius 3 is 2.66 bits per heavy atom. The molecule has 2 fully saturated rings. The average Bonchev–Trinajstić information content (AvgIpc) is 3.37.